The topological polar surface area (TPSA) is 85.4 Å². The second kappa shape index (κ2) is 10.4. The van der Waals surface area contributed by atoms with Crippen LogP contribution in [0.3, 0.4) is 0 Å². The van der Waals surface area contributed by atoms with Crippen LogP contribution in [0.15, 0.2) is 76.5 Å². The lowest BCUT2D eigenvalue weighted by atomic mass is 10.2. The zero-order chi connectivity index (χ0) is 24.2. The smallest absolute Gasteiger partial charge is 0.237 e. The summed E-state index contributed by atoms with van der Waals surface area (Å²) in [5.41, 5.74) is 3.68. The van der Waals surface area contributed by atoms with Gasteiger partial charge in [-0.3, -0.25) is 9.36 Å². The Bertz CT molecular complexity index is 1280. The number of furan rings is 1. The number of rotatable bonds is 7. The number of aromatic nitrogens is 3. The maximum atomic E-state index is 13.0. The molecule has 0 aliphatic carbocycles. The Kier molecular flexibility index (Phi) is 6.87. The number of nitrogens with zero attached hydrogens (tertiary/aromatic N) is 4. The molecule has 5 rings (SSSR count). The molecule has 0 spiro atoms. The zero-order valence-corrected chi connectivity index (χ0v) is 20.5. The van der Waals surface area contributed by atoms with E-state index in [0.29, 0.717) is 11.0 Å². The highest BCUT2D eigenvalue weighted by atomic mass is 32.2. The van der Waals surface area contributed by atoms with Gasteiger partial charge in [-0.25, -0.2) is 0 Å². The molecule has 2 aromatic heterocycles. The Hall–Kier alpha value is -3.56. The molecule has 2 aromatic carbocycles. The maximum Gasteiger partial charge on any atom is 0.237 e. The molecule has 3 heterocycles. The number of hydrogen-bond donors (Lipinski definition) is 1. The van der Waals surface area contributed by atoms with Crippen molar-refractivity contribution < 1.29 is 13.9 Å². The van der Waals surface area contributed by atoms with E-state index in [1.165, 1.54) is 11.8 Å². The molecular formula is C26H27N5O3S. The molecule has 1 N–H and O–H groups in total. The highest BCUT2D eigenvalue weighted by molar-refractivity contribution is 8.00. The molecule has 4 aromatic rings. The van der Waals surface area contributed by atoms with E-state index in [-0.39, 0.29) is 11.2 Å². The Morgan fingerprint density at radius 2 is 1.74 bits per heavy atom. The van der Waals surface area contributed by atoms with Crippen molar-refractivity contribution in [2.24, 2.45) is 0 Å². The van der Waals surface area contributed by atoms with Gasteiger partial charge in [-0.2, -0.15) is 0 Å². The van der Waals surface area contributed by atoms with Crippen LogP contribution in [-0.2, 0) is 9.53 Å². The van der Waals surface area contributed by atoms with Crippen LogP contribution in [-0.4, -0.2) is 52.2 Å². The van der Waals surface area contributed by atoms with E-state index in [4.69, 9.17) is 9.15 Å². The molecule has 1 amide bonds. The van der Waals surface area contributed by atoms with Crippen LogP contribution in [0.5, 0.6) is 0 Å². The van der Waals surface area contributed by atoms with Crippen molar-refractivity contribution in [1.29, 1.82) is 0 Å². The summed E-state index contributed by atoms with van der Waals surface area (Å²) in [6, 6.07) is 19.7. The van der Waals surface area contributed by atoms with Gasteiger partial charge in [0.05, 0.1) is 30.3 Å². The van der Waals surface area contributed by atoms with Crippen molar-refractivity contribution in [3.63, 3.8) is 0 Å². The van der Waals surface area contributed by atoms with Gasteiger partial charge in [0.1, 0.15) is 5.76 Å². The standard InChI is InChI=1S/C26H27N5O3S/c1-18-23(12-15-34-18)24-28-29-26(31(24)22-6-4-3-5-7-22)35-19(2)25(32)27-20-8-10-21(11-9-20)30-13-16-33-17-14-30/h3-12,15,19H,13-14,16-17H2,1-2H3,(H,27,32). The fraction of sp³-hybridized carbons (Fsp3) is 0.269. The van der Waals surface area contributed by atoms with Crippen LogP contribution < -0.4 is 10.2 Å². The lowest BCUT2D eigenvalue weighted by Gasteiger charge is -2.28. The molecule has 0 saturated carbocycles. The summed E-state index contributed by atoms with van der Waals surface area (Å²) in [6.45, 7) is 7.00. The summed E-state index contributed by atoms with van der Waals surface area (Å²) >= 11 is 1.37. The minimum Gasteiger partial charge on any atom is -0.469 e. The lowest BCUT2D eigenvalue weighted by molar-refractivity contribution is -0.115. The van der Waals surface area contributed by atoms with Gasteiger partial charge in [-0.15, -0.1) is 10.2 Å². The van der Waals surface area contributed by atoms with Gasteiger partial charge >= 0.3 is 0 Å². The lowest BCUT2D eigenvalue weighted by Crippen LogP contribution is -2.36. The molecular weight excluding hydrogens is 462 g/mol. The van der Waals surface area contributed by atoms with Gasteiger partial charge in [0.15, 0.2) is 11.0 Å². The fourth-order valence-corrected chi connectivity index (χ4v) is 4.85. The number of para-hydroxylation sites is 1. The number of nitrogens with one attached hydrogen (secondary N) is 1. The second-order valence-corrected chi connectivity index (χ2v) is 9.57. The average molecular weight is 490 g/mol. The molecule has 1 unspecified atom stereocenters. The Morgan fingerprint density at radius 3 is 2.43 bits per heavy atom. The van der Waals surface area contributed by atoms with Crippen LogP contribution >= 0.6 is 11.8 Å². The quantitative estimate of drug-likeness (QED) is 0.374. The highest BCUT2D eigenvalue weighted by Crippen LogP contribution is 2.32. The minimum atomic E-state index is -0.390. The molecule has 9 heteroatoms. The molecule has 1 fully saturated rings. The highest BCUT2D eigenvalue weighted by Gasteiger charge is 2.23. The summed E-state index contributed by atoms with van der Waals surface area (Å²) in [6.07, 6.45) is 1.64. The Balaban J connectivity index is 1.32. The molecule has 35 heavy (non-hydrogen) atoms. The fourth-order valence-electron chi connectivity index (χ4n) is 3.98. The van der Waals surface area contributed by atoms with Crippen molar-refractivity contribution in [3.05, 3.63) is 72.7 Å². The number of morpholine rings is 1. The van der Waals surface area contributed by atoms with Gasteiger partial charge in [0, 0.05) is 30.2 Å². The van der Waals surface area contributed by atoms with E-state index in [2.05, 4.69) is 20.4 Å². The predicted octanol–water partition coefficient (Wildman–Crippen LogP) is 4.79. The molecule has 8 nitrogen and oxygen atoms in total. The summed E-state index contributed by atoms with van der Waals surface area (Å²) in [5, 5.41) is 12.1. The first kappa shape index (κ1) is 23.2. The second-order valence-electron chi connectivity index (χ2n) is 8.26. The van der Waals surface area contributed by atoms with Crippen LogP contribution in [0.1, 0.15) is 12.7 Å². The molecule has 1 atom stereocenters. The zero-order valence-electron chi connectivity index (χ0n) is 19.7. The first-order chi connectivity index (χ1) is 17.1. The van der Waals surface area contributed by atoms with E-state index in [1.54, 1.807) is 6.26 Å². The first-order valence-corrected chi connectivity index (χ1v) is 12.4. The number of amides is 1. The normalized spacial score (nSPS) is 14.6. The van der Waals surface area contributed by atoms with E-state index in [9.17, 15) is 4.79 Å². The number of hydrogen-bond acceptors (Lipinski definition) is 7. The van der Waals surface area contributed by atoms with Crippen LogP contribution in [0, 0.1) is 6.92 Å². The maximum absolute atomic E-state index is 13.0. The van der Waals surface area contributed by atoms with Crippen molar-refractivity contribution in [2.45, 2.75) is 24.3 Å². The third-order valence-electron chi connectivity index (χ3n) is 5.91. The largest absolute Gasteiger partial charge is 0.469 e. The number of carbonyl (C=O) groups is 1. The summed E-state index contributed by atoms with van der Waals surface area (Å²) < 4.78 is 12.9. The van der Waals surface area contributed by atoms with Gasteiger partial charge in [-0.1, -0.05) is 30.0 Å². The van der Waals surface area contributed by atoms with Crippen molar-refractivity contribution >= 4 is 29.0 Å². The number of benzene rings is 2. The summed E-state index contributed by atoms with van der Waals surface area (Å²) in [7, 11) is 0. The van der Waals surface area contributed by atoms with Gasteiger partial charge < -0.3 is 19.4 Å². The predicted molar refractivity (Wildman–Crippen MR) is 137 cm³/mol. The SMILES string of the molecule is Cc1occc1-c1nnc(SC(C)C(=O)Nc2ccc(N3CCOCC3)cc2)n1-c1ccccc1. The number of aryl methyl sites for hydroxylation is 1. The number of carbonyl (C=O) groups excluding carboxylic acids is 1. The number of thioether (sulfide) groups is 1. The number of anilines is 2. The van der Waals surface area contributed by atoms with Gasteiger partial charge in [-0.05, 0) is 56.3 Å². The van der Waals surface area contributed by atoms with Gasteiger partial charge in [0.25, 0.3) is 0 Å². The van der Waals surface area contributed by atoms with E-state index in [1.807, 2.05) is 79.1 Å². The average Bonchev–Trinajstić information content (AvgIpc) is 3.51. The molecule has 180 valence electrons. The number of ether oxygens (including phenoxy) is 1. The first-order valence-electron chi connectivity index (χ1n) is 11.6. The van der Waals surface area contributed by atoms with E-state index < -0.39 is 0 Å². The summed E-state index contributed by atoms with van der Waals surface area (Å²) in [4.78, 5) is 15.3. The van der Waals surface area contributed by atoms with Crippen molar-refractivity contribution in [1.82, 2.24) is 14.8 Å². The summed E-state index contributed by atoms with van der Waals surface area (Å²) in [5.74, 6) is 1.34. The van der Waals surface area contributed by atoms with Crippen LogP contribution in [0.4, 0.5) is 11.4 Å². The molecule has 0 bridgehead atoms. The van der Waals surface area contributed by atoms with Crippen molar-refractivity contribution in [3.8, 4) is 17.1 Å². The van der Waals surface area contributed by atoms with Crippen molar-refractivity contribution in [2.75, 3.05) is 36.5 Å². The monoisotopic (exact) mass is 489 g/mol. The third-order valence-corrected chi connectivity index (χ3v) is 6.95. The third kappa shape index (κ3) is 5.11. The molecule has 1 aliphatic heterocycles. The minimum absolute atomic E-state index is 0.0993. The molecule has 1 saturated heterocycles. The Morgan fingerprint density at radius 1 is 1.00 bits per heavy atom. The van der Waals surface area contributed by atoms with Crippen LogP contribution in [0.25, 0.3) is 17.1 Å². The Labute approximate surface area is 208 Å². The van der Waals surface area contributed by atoms with Crippen LogP contribution in [0.2, 0.25) is 0 Å². The van der Waals surface area contributed by atoms with E-state index in [0.717, 1.165) is 54.7 Å². The molecule has 1 aliphatic rings. The van der Waals surface area contributed by atoms with Gasteiger partial charge in [0.2, 0.25) is 5.91 Å². The van der Waals surface area contributed by atoms with E-state index >= 15 is 0 Å². The molecule has 0 radical (unpaired) electrons.